The molecule has 0 saturated carbocycles. The fourth-order valence-corrected chi connectivity index (χ4v) is 1.74. The van der Waals surface area contributed by atoms with E-state index >= 15 is 0 Å². The predicted molar refractivity (Wildman–Crippen MR) is 68.3 cm³/mol. The summed E-state index contributed by atoms with van der Waals surface area (Å²) in [6.07, 6.45) is -1.70. The van der Waals surface area contributed by atoms with E-state index in [1.807, 2.05) is 0 Å². The van der Waals surface area contributed by atoms with Crippen molar-refractivity contribution in [3.05, 3.63) is 40.6 Å². The molecule has 5 nitrogen and oxygen atoms in total. The maximum atomic E-state index is 12.1. The van der Waals surface area contributed by atoms with Gasteiger partial charge in [-0.1, -0.05) is 0 Å². The highest BCUT2D eigenvalue weighted by Gasteiger charge is 2.32. The van der Waals surface area contributed by atoms with Gasteiger partial charge in [0.15, 0.2) is 6.29 Å². The van der Waals surface area contributed by atoms with E-state index in [2.05, 4.69) is 30.6 Å². The summed E-state index contributed by atoms with van der Waals surface area (Å²) in [6.45, 7) is 0. The summed E-state index contributed by atoms with van der Waals surface area (Å²) in [5.74, 6) is -0.192. The first-order valence-electron chi connectivity index (χ1n) is 5.38. The van der Waals surface area contributed by atoms with Gasteiger partial charge in [0, 0.05) is 12.4 Å². The smallest absolute Gasteiger partial charge is 0.424 e. The molecule has 2 rings (SSSR count). The van der Waals surface area contributed by atoms with Crippen molar-refractivity contribution in [3.63, 3.8) is 0 Å². The van der Waals surface area contributed by atoms with E-state index in [1.54, 1.807) is 0 Å². The summed E-state index contributed by atoms with van der Waals surface area (Å²) in [7, 11) is 0. The molecule has 9 heteroatoms. The summed E-state index contributed by atoms with van der Waals surface area (Å²) < 4.78 is 45.4. The van der Waals surface area contributed by atoms with Crippen molar-refractivity contribution >= 4 is 22.2 Å². The Morgan fingerprint density at radius 3 is 2.38 bits per heavy atom. The highest BCUT2D eigenvalue weighted by Crippen LogP contribution is 2.34. The van der Waals surface area contributed by atoms with E-state index in [-0.39, 0.29) is 21.8 Å². The molecule has 0 atom stereocenters. The fourth-order valence-electron chi connectivity index (χ4n) is 1.30. The number of aromatic nitrogens is 2. The van der Waals surface area contributed by atoms with Gasteiger partial charge in [0.2, 0.25) is 0 Å². The van der Waals surface area contributed by atoms with Gasteiger partial charge in [-0.05, 0) is 34.1 Å². The number of carbonyl (C=O) groups excluding carboxylic acids is 1. The first kappa shape index (κ1) is 15.2. The zero-order chi connectivity index (χ0) is 15.5. The summed E-state index contributed by atoms with van der Waals surface area (Å²) >= 11 is 2.94. The number of rotatable bonds is 4. The molecule has 21 heavy (non-hydrogen) atoms. The van der Waals surface area contributed by atoms with Gasteiger partial charge in [-0.25, -0.2) is 9.97 Å². The lowest BCUT2D eigenvalue weighted by atomic mass is 10.3. The molecule has 0 saturated heterocycles. The van der Waals surface area contributed by atoms with Crippen LogP contribution in [0.2, 0.25) is 0 Å². The largest absolute Gasteiger partial charge is 0.573 e. The second-order valence-corrected chi connectivity index (χ2v) is 4.51. The van der Waals surface area contributed by atoms with Crippen LogP contribution in [0.15, 0.2) is 35.1 Å². The van der Waals surface area contributed by atoms with Crippen molar-refractivity contribution in [2.75, 3.05) is 0 Å². The van der Waals surface area contributed by atoms with Crippen molar-refractivity contribution in [1.29, 1.82) is 0 Å². The maximum absolute atomic E-state index is 12.1. The lowest BCUT2D eigenvalue weighted by Crippen LogP contribution is -2.17. The van der Waals surface area contributed by atoms with Crippen LogP contribution in [0, 0.1) is 0 Å². The first-order valence-corrected chi connectivity index (χ1v) is 6.17. The number of halogens is 4. The summed E-state index contributed by atoms with van der Waals surface area (Å²) in [6, 6.07) is 3.59. The average molecular weight is 363 g/mol. The molecule has 0 radical (unpaired) electrons. The standard InChI is InChI=1S/C12H6BrF3N2O3/c13-9-3-8(1-2-10(9)21-12(14,15)16)20-11-17-4-7(6-19)5-18-11/h1-6H. The van der Waals surface area contributed by atoms with Crippen LogP contribution < -0.4 is 9.47 Å². The van der Waals surface area contributed by atoms with Crippen LogP contribution in [0.4, 0.5) is 13.2 Å². The quantitative estimate of drug-likeness (QED) is 0.775. The zero-order valence-electron chi connectivity index (χ0n) is 10.1. The Balaban J connectivity index is 2.14. The Bertz CT molecular complexity index is 647. The number of hydrogen-bond donors (Lipinski definition) is 0. The minimum absolute atomic E-state index is 0.0445. The topological polar surface area (TPSA) is 61.3 Å². The van der Waals surface area contributed by atoms with Crippen LogP contribution in [0.25, 0.3) is 0 Å². The molecule has 0 amide bonds. The van der Waals surface area contributed by atoms with Gasteiger partial charge in [-0.2, -0.15) is 0 Å². The normalized spacial score (nSPS) is 11.0. The molecule has 1 aromatic carbocycles. The van der Waals surface area contributed by atoms with E-state index in [4.69, 9.17) is 4.74 Å². The van der Waals surface area contributed by atoms with Crippen LogP contribution in [0.5, 0.6) is 17.5 Å². The van der Waals surface area contributed by atoms with Crippen molar-refractivity contribution in [1.82, 2.24) is 9.97 Å². The van der Waals surface area contributed by atoms with Gasteiger partial charge >= 0.3 is 12.4 Å². The molecular formula is C12H6BrF3N2O3. The highest BCUT2D eigenvalue weighted by molar-refractivity contribution is 9.10. The van der Waals surface area contributed by atoms with Crippen LogP contribution in [-0.2, 0) is 0 Å². The van der Waals surface area contributed by atoms with Crippen LogP contribution in [0.1, 0.15) is 10.4 Å². The second kappa shape index (κ2) is 6.08. The second-order valence-electron chi connectivity index (χ2n) is 3.66. The Kier molecular flexibility index (Phi) is 4.41. The molecular weight excluding hydrogens is 357 g/mol. The molecule has 0 unspecified atom stereocenters. The molecule has 0 aliphatic carbocycles. The Morgan fingerprint density at radius 2 is 1.86 bits per heavy atom. The summed E-state index contributed by atoms with van der Waals surface area (Å²) in [5, 5.41) is 0. The predicted octanol–water partition coefficient (Wildman–Crippen LogP) is 3.74. The van der Waals surface area contributed by atoms with E-state index in [9.17, 15) is 18.0 Å². The molecule has 0 fully saturated rings. The van der Waals surface area contributed by atoms with Crippen molar-refractivity contribution < 1.29 is 27.4 Å². The van der Waals surface area contributed by atoms with E-state index in [1.165, 1.54) is 24.5 Å². The molecule has 0 spiro atoms. The van der Waals surface area contributed by atoms with Crippen molar-refractivity contribution in [3.8, 4) is 17.5 Å². The number of carbonyl (C=O) groups is 1. The van der Waals surface area contributed by atoms with Gasteiger partial charge in [-0.3, -0.25) is 4.79 Å². The van der Waals surface area contributed by atoms with Gasteiger partial charge in [0.05, 0.1) is 10.0 Å². The Morgan fingerprint density at radius 1 is 1.19 bits per heavy atom. The number of benzene rings is 1. The van der Waals surface area contributed by atoms with Crippen LogP contribution in [-0.4, -0.2) is 22.6 Å². The third-order valence-electron chi connectivity index (χ3n) is 2.12. The summed E-state index contributed by atoms with van der Waals surface area (Å²) in [4.78, 5) is 18.0. The Labute approximate surface area is 124 Å². The SMILES string of the molecule is O=Cc1cnc(Oc2ccc(OC(F)(F)F)c(Br)c2)nc1. The Hall–Kier alpha value is -2.16. The number of nitrogens with zero attached hydrogens (tertiary/aromatic N) is 2. The van der Waals surface area contributed by atoms with E-state index in [0.29, 0.717) is 6.29 Å². The monoisotopic (exact) mass is 362 g/mol. The number of ether oxygens (including phenoxy) is 2. The molecule has 0 N–H and O–H groups in total. The molecule has 0 aliphatic rings. The molecule has 2 aromatic rings. The molecule has 0 bridgehead atoms. The molecule has 1 aromatic heterocycles. The molecule has 0 aliphatic heterocycles. The first-order chi connectivity index (χ1) is 9.87. The van der Waals surface area contributed by atoms with Gasteiger partial charge < -0.3 is 9.47 Å². The lowest BCUT2D eigenvalue weighted by molar-refractivity contribution is -0.274. The van der Waals surface area contributed by atoms with Crippen molar-refractivity contribution in [2.45, 2.75) is 6.36 Å². The third kappa shape index (κ3) is 4.42. The van der Waals surface area contributed by atoms with Gasteiger partial charge in [0.1, 0.15) is 11.5 Å². The van der Waals surface area contributed by atoms with Gasteiger partial charge in [0.25, 0.3) is 0 Å². The van der Waals surface area contributed by atoms with Gasteiger partial charge in [-0.15, -0.1) is 13.2 Å². The van der Waals surface area contributed by atoms with Crippen LogP contribution in [0.3, 0.4) is 0 Å². The highest BCUT2D eigenvalue weighted by atomic mass is 79.9. The van der Waals surface area contributed by atoms with E-state index in [0.717, 1.165) is 6.07 Å². The third-order valence-corrected chi connectivity index (χ3v) is 2.74. The minimum atomic E-state index is -4.78. The molecule has 1 heterocycles. The number of alkyl halides is 3. The lowest BCUT2D eigenvalue weighted by Gasteiger charge is -2.11. The summed E-state index contributed by atoms with van der Waals surface area (Å²) in [5.41, 5.74) is 0.275. The number of aldehydes is 1. The van der Waals surface area contributed by atoms with Crippen LogP contribution >= 0.6 is 15.9 Å². The van der Waals surface area contributed by atoms with Crippen molar-refractivity contribution in [2.24, 2.45) is 0 Å². The molecule has 110 valence electrons. The average Bonchev–Trinajstić information content (AvgIpc) is 2.41. The fraction of sp³-hybridized carbons (Fsp3) is 0.0833. The minimum Gasteiger partial charge on any atom is -0.424 e. The maximum Gasteiger partial charge on any atom is 0.573 e. The number of hydrogen-bond acceptors (Lipinski definition) is 5. The zero-order valence-corrected chi connectivity index (χ0v) is 11.7. The van der Waals surface area contributed by atoms with E-state index < -0.39 is 12.1 Å².